The van der Waals surface area contributed by atoms with Crippen molar-refractivity contribution in [1.82, 2.24) is 0 Å². The molecule has 0 bridgehead atoms. The summed E-state index contributed by atoms with van der Waals surface area (Å²) in [6.07, 6.45) is 0.885. The quantitative estimate of drug-likeness (QED) is 0.799. The van der Waals surface area contributed by atoms with Crippen LogP contribution in [-0.2, 0) is 6.42 Å². The zero-order valence-corrected chi connectivity index (χ0v) is 12.0. The molecule has 100 valence electrons. The molecule has 0 heterocycles. The van der Waals surface area contributed by atoms with Crippen LogP contribution in [0.3, 0.4) is 0 Å². The van der Waals surface area contributed by atoms with E-state index < -0.39 is 0 Å². The largest absolute Gasteiger partial charge is 0.506 e. The molecule has 2 aromatic carbocycles. The number of benzene rings is 2. The van der Waals surface area contributed by atoms with Crippen LogP contribution in [0.5, 0.6) is 5.75 Å². The fraction of sp³-hybridized carbons (Fsp3) is 0.200. The van der Waals surface area contributed by atoms with Gasteiger partial charge in [0.1, 0.15) is 5.75 Å². The predicted molar refractivity (Wildman–Crippen MR) is 81.4 cm³/mol. The molecule has 1 unspecified atom stereocenters. The summed E-state index contributed by atoms with van der Waals surface area (Å²) in [5.41, 5.74) is 2.11. The topological polar surface area (TPSA) is 32.3 Å². The third kappa shape index (κ3) is 4.05. The summed E-state index contributed by atoms with van der Waals surface area (Å²) in [5, 5.41) is 13.8. The van der Waals surface area contributed by atoms with Crippen LogP contribution in [0.4, 0.5) is 5.69 Å². The molecular weight excluding hydrogens is 281 g/mol. The van der Waals surface area contributed by atoms with Crippen molar-refractivity contribution < 1.29 is 5.11 Å². The van der Waals surface area contributed by atoms with Crippen molar-refractivity contribution in [2.24, 2.45) is 0 Å². The number of aromatic hydroxyl groups is 1. The number of halogens is 2. The van der Waals surface area contributed by atoms with Crippen molar-refractivity contribution in [3.8, 4) is 5.75 Å². The minimum atomic E-state index is 0.0950. The van der Waals surface area contributed by atoms with Crippen molar-refractivity contribution in [2.45, 2.75) is 19.4 Å². The Bertz CT molecular complexity index is 555. The SMILES string of the molecule is CC(Cc1ccc(Cl)cc1)Nc1ccc(O)c(Cl)c1. The standard InChI is InChI=1S/C15H15Cl2NO/c1-10(8-11-2-4-12(16)5-3-11)18-13-6-7-15(19)14(17)9-13/h2-7,9-10,18-19H,8H2,1H3. The zero-order valence-electron chi connectivity index (χ0n) is 10.5. The van der Waals surface area contributed by atoms with Gasteiger partial charge in [0.15, 0.2) is 0 Å². The lowest BCUT2D eigenvalue weighted by atomic mass is 10.1. The molecule has 2 N–H and O–H groups in total. The van der Waals surface area contributed by atoms with Crippen molar-refractivity contribution in [1.29, 1.82) is 0 Å². The van der Waals surface area contributed by atoms with Crippen molar-refractivity contribution >= 4 is 28.9 Å². The number of rotatable bonds is 4. The highest BCUT2D eigenvalue weighted by Gasteiger charge is 2.05. The Kier molecular flexibility index (Phi) is 4.56. The van der Waals surface area contributed by atoms with E-state index in [1.54, 1.807) is 18.2 Å². The lowest BCUT2D eigenvalue weighted by Crippen LogP contribution is -2.17. The summed E-state index contributed by atoms with van der Waals surface area (Å²) in [4.78, 5) is 0. The van der Waals surface area contributed by atoms with Crippen molar-refractivity contribution in [2.75, 3.05) is 5.32 Å². The number of hydrogen-bond acceptors (Lipinski definition) is 2. The van der Waals surface area contributed by atoms with Crippen LogP contribution in [0.2, 0.25) is 10.0 Å². The Labute approximate surface area is 123 Å². The van der Waals surface area contributed by atoms with Crippen LogP contribution in [0, 0.1) is 0 Å². The molecule has 19 heavy (non-hydrogen) atoms. The summed E-state index contributed by atoms with van der Waals surface area (Å²) in [6.45, 7) is 2.09. The van der Waals surface area contributed by atoms with Gasteiger partial charge in [-0.05, 0) is 49.2 Å². The van der Waals surface area contributed by atoms with Gasteiger partial charge >= 0.3 is 0 Å². The van der Waals surface area contributed by atoms with Crippen LogP contribution in [0.25, 0.3) is 0 Å². The molecule has 0 aliphatic rings. The zero-order chi connectivity index (χ0) is 13.8. The number of anilines is 1. The maximum absolute atomic E-state index is 9.37. The van der Waals surface area contributed by atoms with Crippen LogP contribution in [0.15, 0.2) is 42.5 Å². The maximum atomic E-state index is 9.37. The Morgan fingerprint density at radius 2 is 1.79 bits per heavy atom. The second-order valence-electron chi connectivity index (χ2n) is 4.54. The van der Waals surface area contributed by atoms with Gasteiger partial charge in [0, 0.05) is 16.8 Å². The number of phenolic OH excluding ortho intramolecular Hbond substituents is 1. The molecule has 0 spiro atoms. The molecule has 0 aliphatic heterocycles. The highest BCUT2D eigenvalue weighted by Crippen LogP contribution is 2.26. The van der Waals surface area contributed by atoms with Gasteiger partial charge in [-0.3, -0.25) is 0 Å². The van der Waals surface area contributed by atoms with E-state index in [4.69, 9.17) is 23.2 Å². The smallest absolute Gasteiger partial charge is 0.134 e. The van der Waals surface area contributed by atoms with Crippen LogP contribution in [-0.4, -0.2) is 11.1 Å². The third-order valence-electron chi connectivity index (χ3n) is 2.82. The summed E-state index contributed by atoms with van der Waals surface area (Å²) < 4.78 is 0. The van der Waals surface area contributed by atoms with Gasteiger partial charge in [0.05, 0.1) is 5.02 Å². The summed E-state index contributed by atoms with van der Waals surface area (Å²) in [7, 11) is 0. The van der Waals surface area contributed by atoms with Crippen molar-refractivity contribution in [3.63, 3.8) is 0 Å². The fourth-order valence-electron chi connectivity index (χ4n) is 1.91. The van der Waals surface area contributed by atoms with Gasteiger partial charge in [-0.2, -0.15) is 0 Å². The monoisotopic (exact) mass is 295 g/mol. The fourth-order valence-corrected chi connectivity index (χ4v) is 2.21. The van der Waals surface area contributed by atoms with Crippen LogP contribution in [0.1, 0.15) is 12.5 Å². The van der Waals surface area contributed by atoms with E-state index in [1.165, 1.54) is 5.56 Å². The molecular formula is C15H15Cl2NO. The predicted octanol–water partition coefficient (Wildman–Crippen LogP) is 4.74. The molecule has 0 saturated carbocycles. The van der Waals surface area contributed by atoms with Crippen molar-refractivity contribution in [3.05, 3.63) is 58.1 Å². The molecule has 4 heteroatoms. The van der Waals surface area contributed by atoms with E-state index in [9.17, 15) is 5.11 Å². The second-order valence-corrected chi connectivity index (χ2v) is 5.39. The summed E-state index contributed by atoms with van der Waals surface area (Å²) >= 11 is 11.7. The normalized spacial score (nSPS) is 12.2. The molecule has 2 aromatic rings. The number of nitrogens with one attached hydrogen (secondary N) is 1. The first-order valence-corrected chi connectivity index (χ1v) is 6.79. The minimum absolute atomic E-state index is 0.0950. The molecule has 0 saturated heterocycles. The second kappa shape index (κ2) is 6.18. The summed E-state index contributed by atoms with van der Waals surface area (Å²) in [5.74, 6) is 0.0950. The highest BCUT2D eigenvalue weighted by molar-refractivity contribution is 6.32. The number of phenols is 1. The molecule has 0 aliphatic carbocycles. The maximum Gasteiger partial charge on any atom is 0.134 e. The first-order valence-electron chi connectivity index (χ1n) is 6.04. The van der Waals surface area contributed by atoms with Crippen LogP contribution < -0.4 is 5.32 Å². The molecule has 2 rings (SSSR count). The Balaban J connectivity index is 1.98. The lowest BCUT2D eigenvalue weighted by molar-refractivity contribution is 0.475. The average Bonchev–Trinajstić information content (AvgIpc) is 2.37. The summed E-state index contributed by atoms with van der Waals surface area (Å²) in [6, 6.07) is 13.2. The van der Waals surface area contributed by atoms with E-state index in [-0.39, 0.29) is 11.8 Å². The highest BCUT2D eigenvalue weighted by atomic mass is 35.5. The Morgan fingerprint density at radius 3 is 2.42 bits per heavy atom. The minimum Gasteiger partial charge on any atom is -0.506 e. The Hall–Kier alpha value is -1.38. The number of hydrogen-bond donors (Lipinski definition) is 2. The van der Waals surface area contributed by atoms with E-state index in [0.717, 1.165) is 17.1 Å². The average molecular weight is 296 g/mol. The lowest BCUT2D eigenvalue weighted by Gasteiger charge is -2.16. The molecule has 1 atom stereocenters. The molecule has 0 aromatic heterocycles. The first kappa shape index (κ1) is 14.0. The van der Waals surface area contributed by atoms with Gasteiger partial charge in [0.25, 0.3) is 0 Å². The first-order chi connectivity index (χ1) is 9.04. The van der Waals surface area contributed by atoms with Crippen LogP contribution >= 0.6 is 23.2 Å². The van der Waals surface area contributed by atoms with Gasteiger partial charge in [-0.15, -0.1) is 0 Å². The van der Waals surface area contributed by atoms with E-state index in [2.05, 4.69) is 12.2 Å². The molecule has 0 amide bonds. The van der Waals surface area contributed by atoms with Gasteiger partial charge in [0.2, 0.25) is 0 Å². The van der Waals surface area contributed by atoms with E-state index in [1.807, 2.05) is 24.3 Å². The van der Waals surface area contributed by atoms with Gasteiger partial charge in [-0.1, -0.05) is 35.3 Å². The van der Waals surface area contributed by atoms with E-state index >= 15 is 0 Å². The molecule has 2 nitrogen and oxygen atoms in total. The molecule has 0 radical (unpaired) electrons. The van der Waals surface area contributed by atoms with Gasteiger partial charge < -0.3 is 10.4 Å². The third-order valence-corrected chi connectivity index (χ3v) is 3.37. The molecule has 0 fully saturated rings. The Morgan fingerprint density at radius 1 is 1.11 bits per heavy atom. The van der Waals surface area contributed by atoms with Gasteiger partial charge in [-0.25, -0.2) is 0 Å². The van der Waals surface area contributed by atoms with E-state index in [0.29, 0.717) is 5.02 Å².